The van der Waals surface area contributed by atoms with Gasteiger partial charge in [-0.15, -0.1) is 0 Å². The van der Waals surface area contributed by atoms with Gasteiger partial charge in [0.25, 0.3) is 0 Å². The van der Waals surface area contributed by atoms with Crippen molar-refractivity contribution in [3.8, 4) is 0 Å². The molecule has 1 N–H and O–H groups in total. The summed E-state index contributed by atoms with van der Waals surface area (Å²) in [5, 5.41) is 9.84. The van der Waals surface area contributed by atoms with Gasteiger partial charge in [0.2, 0.25) is 0 Å². The molecule has 1 heterocycles. The van der Waals surface area contributed by atoms with Gasteiger partial charge in [0, 0.05) is 29.2 Å². The average Bonchev–Trinajstić information content (AvgIpc) is 3.12. The average molecular weight is 257 g/mol. The van der Waals surface area contributed by atoms with E-state index in [0.29, 0.717) is 11.5 Å². The van der Waals surface area contributed by atoms with Crippen LogP contribution in [0.3, 0.4) is 0 Å². The zero-order chi connectivity index (χ0) is 13.4. The number of nitrogens with zero attached hydrogens (tertiary/aromatic N) is 1. The molecule has 2 aromatic rings. The molecule has 1 aromatic heterocycles. The van der Waals surface area contributed by atoms with Crippen molar-refractivity contribution in [1.82, 2.24) is 4.57 Å². The largest absolute Gasteiger partial charge is 0.481 e. The number of fused-ring (bicyclic) bond motifs is 1. The highest BCUT2D eigenvalue weighted by Crippen LogP contribution is 2.41. The van der Waals surface area contributed by atoms with E-state index in [1.165, 1.54) is 0 Å². The number of carbonyl (C=O) groups excluding carboxylic acids is 1. The molecule has 1 saturated carbocycles. The SMILES string of the molecule is O=Cc1cn(CC[C@@H]2C[C@@H]2C(=O)O)c2ccccc12. The summed E-state index contributed by atoms with van der Waals surface area (Å²) in [7, 11) is 0. The third kappa shape index (κ3) is 2.14. The highest BCUT2D eigenvalue weighted by Gasteiger charge is 2.42. The first-order chi connectivity index (χ1) is 9.20. The van der Waals surface area contributed by atoms with Gasteiger partial charge in [-0.05, 0) is 24.8 Å². The standard InChI is InChI=1S/C15H15NO3/c17-9-11-8-16(14-4-2-1-3-12(11)14)6-5-10-7-13(10)15(18)19/h1-4,8-10,13H,5-7H2,(H,18,19)/t10-,13+/m1/s1. The molecule has 0 amide bonds. The molecule has 0 bridgehead atoms. The van der Waals surface area contributed by atoms with Crippen molar-refractivity contribution in [2.45, 2.75) is 19.4 Å². The molecule has 1 aliphatic carbocycles. The summed E-state index contributed by atoms with van der Waals surface area (Å²) in [6.07, 6.45) is 4.37. The second-order valence-corrected chi connectivity index (χ2v) is 5.14. The van der Waals surface area contributed by atoms with Crippen LogP contribution >= 0.6 is 0 Å². The summed E-state index contributed by atoms with van der Waals surface area (Å²) >= 11 is 0. The minimum Gasteiger partial charge on any atom is -0.481 e. The van der Waals surface area contributed by atoms with E-state index in [1.54, 1.807) is 0 Å². The fraction of sp³-hybridized carbons (Fsp3) is 0.333. The predicted molar refractivity (Wildman–Crippen MR) is 71.2 cm³/mol. The fourth-order valence-electron chi connectivity index (χ4n) is 2.73. The van der Waals surface area contributed by atoms with E-state index in [2.05, 4.69) is 4.57 Å². The van der Waals surface area contributed by atoms with Crippen molar-refractivity contribution in [2.24, 2.45) is 11.8 Å². The number of aldehydes is 1. The quantitative estimate of drug-likeness (QED) is 0.837. The van der Waals surface area contributed by atoms with E-state index in [1.807, 2.05) is 30.5 Å². The molecular formula is C15H15NO3. The monoisotopic (exact) mass is 257 g/mol. The van der Waals surface area contributed by atoms with Crippen LogP contribution in [0.4, 0.5) is 0 Å². The number of hydrogen-bond donors (Lipinski definition) is 1. The Morgan fingerprint density at radius 2 is 2.21 bits per heavy atom. The summed E-state index contributed by atoms with van der Waals surface area (Å²) in [5.41, 5.74) is 1.73. The molecule has 4 nitrogen and oxygen atoms in total. The highest BCUT2D eigenvalue weighted by atomic mass is 16.4. The van der Waals surface area contributed by atoms with Crippen LogP contribution in [0, 0.1) is 11.8 Å². The zero-order valence-corrected chi connectivity index (χ0v) is 10.5. The van der Waals surface area contributed by atoms with Crippen molar-refractivity contribution in [3.05, 3.63) is 36.0 Å². The van der Waals surface area contributed by atoms with Crippen LogP contribution in [0.5, 0.6) is 0 Å². The lowest BCUT2D eigenvalue weighted by molar-refractivity contribution is -0.138. The first-order valence-corrected chi connectivity index (χ1v) is 6.46. The molecule has 1 aromatic carbocycles. The number of rotatable bonds is 5. The van der Waals surface area contributed by atoms with E-state index in [9.17, 15) is 9.59 Å². The molecule has 19 heavy (non-hydrogen) atoms. The maximum atomic E-state index is 11.0. The number of hydrogen-bond acceptors (Lipinski definition) is 2. The normalized spacial score (nSPS) is 21.5. The van der Waals surface area contributed by atoms with Gasteiger partial charge in [0.1, 0.15) is 0 Å². The van der Waals surface area contributed by atoms with E-state index in [-0.39, 0.29) is 5.92 Å². The van der Waals surface area contributed by atoms with Gasteiger partial charge in [-0.25, -0.2) is 0 Å². The van der Waals surface area contributed by atoms with E-state index < -0.39 is 5.97 Å². The number of aryl methyl sites for hydroxylation is 1. The Kier molecular flexibility index (Phi) is 2.85. The van der Waals surface area contributed by atoms with Crippen LogP contribution in [0.15, 0.2) is 30.5 Å². The molecular weight excluding hydrogens is 242 g/mol. The van der Waals surface area contributed by atoms with Gasteiger partial charge in [-0.2, -0.15) is 0 Å². The molecule has 1 aliphatic rings. The second-order valence-electron chi connectivity index (χ2n) is 5.14. The Morgan fingerprint density at radius 3 is 2.89 bits per heavy atom. The van der Waals surface area contributed by atoms with Gasteiger partial charge in [-0.1, -0.05) is 18.2 Å². The first kappa shape index (κ1) is 12.0. The van der Waals surface area contributed by atoms with Crippen molar-refractivity contribution >= 4 is 23.2 Å². The smallest absolute Gasteiger partial charge is 0.306 e. The molecule has 1 fully saturated rings. The summed E-state index contributed by atoms with van der Waals surface area (Å²) in [4.78, 5) is 21.8. The Balaban J connectivity index is 1.78. The lowest BCUT2D eigenvalue weighted by Gasteiger charge is -2.04. The molecule has 3 rings (SSSR count). The summed E-state index contributed by atoms with van der Waals surface area (Å²) in [6, 6.07) is 7.79. The summed E-state index contributed by atoms with van der Waals surface area (Å²) in [5.74, 6) is -0.554. The minimum atomic E-state index is -0.684. The number of carbonyl (C=O) groups is 2. The van der Waals surface area contributed by atoms with Gasteiger partial charge in [0.15, 0.2) is 6.29 Å². The summed E-state index contributed by atoms with van der Waals surface area (Å²) in [6.45, 7) is 0.767. The van der Waals surface area contributed by atoms with Crippen molar-refractivity contribution in [2.75, 3.05) is 0 Å². The third-order valence-corrected chi connectivity index (χ3v) is 3.93. The van der Waals surface area contributed by atoms with Crippen LogP contribution in [-0.4, -0.2) is 21.9 Å². The fourth-order valence-corrected chi connectivity index (χ4v) is 2.73. The Morgan fingerprint density at radius 1 is 1.42 bits per heavy atom. The van der Waals surface area contributed by atoms with E-state index >= 15 is 0 Å². The number of benzene rings is 1. The first-order valence-electron chi connectivity index (χ1n) is 6.46. The minimum absolute atomic E-state index is 0.160. The molecule has 0 saturated heterocycles. The number of para-hydroxylation sites is 1. The Bertz CT molecular complexity index is 644. The molecule has 0 aliphatic heterocycles. The Hall–Kier alpha value is -2.10. The topological polar surface area (TPSA) is 59.3 Å². The molecule has 0 unspecified atom stereocenters. The lowest BCUT2D eigenvalue weighted by atomic mass is 10.2. The molecule has 0 spiro atoms. The highest BCUT2D eigenvalue weighted by molar-refractivity contribution is 5.97. The van der Waals surface area contributed by atoms with Crippen LogP contribution in [0.2, 0.25) is 0 Å². The molecule has 0 radical (unpaired) electrons. The van der Waals surface area contributed by atoms with Crippen LogP contribution in [0.1, 0.15) is 23.2 Å². The van der Waals surface area contributed by atoms with Crippen molar-refractivity contribution in [3.63, 3.8) is 0 Å². The number of carboxylic acid groups (broad SMARTS) is 1. The van der Waals surface area contributed by atoms with Gasteiger partial charge < -0.3 is 9.67 Å². The maximum Gasteiger partial charge on any atom is 0.306 e. The van der Waals surface area contributed by atoms with Gasteiger partial charge in [0.05, 0.1) is 5.92 Å². The number of carboxylic acids is 1. The predicted octanol–water partition coefficient (Wildman–Crippen LogP) is 2.56. The van der Waals surface area contributed by atoms with Crippen molar-refractivity contribution in [1.29, 1.82) is 0 Å². The van der Waals surface area contributed by atoms with E-state index in [0.717, 1.165) is 36.6 Å². The number of aliphatic carboxylic acids is 1. The second kappa shape index (κ2) is 4.53. The van der Waals surface area contributed by atoms with Crippen LogP contribution < -0.4 is 0 Å². The molecule has 2 atom stereocenters. The Labute approximate surface area is 110 Å². The van der Waals surface area contributed by atoms with Gasteiger partial charge >= 0.3 is 5.97 Å². The van der Waals surface area contributed by atoms with Crippen LogP contribution in [-0.2, 0) is 11.3 Å². The molecule has 98 valence electrons. The van der Waals surface area contributed by atoms with Crippen molar-refractivity contribution < 1.29 is 14.7 Å². The zero-order valence-electron chi connectivity index (χ0n) is 10.5. The van der Waals surface area contributed by atoms with Gasteiger partial charge in [-0.3, -0.25) is 9.59 Å². The maximum absolute atomic E-state index is 11.0. The third-order valence-electron chi connectivity index (χ3n) is 3.93. The van der Waals surface area contributed by atoms with Crippen LogP contribution in [0.25, 0.3) is 10.9 Å². The van der Waals surface area contributed by atoms with E-state index in [4.69, 9.17) is 5.11 Å². The summed E-state index contributed by atoms with van der Waals surface area (Å²) < 4.78 is 2.05. The molecule has 4 heteroatoms. The lowest BCUT2D eigenvalue weighted by Crippen LogP contribution is -2.02. The number of aromatic nitrogens is 1.